The molecule has 0 aliphatic carbocycles. The average Bonchev–Trinajstić information content (AvgIpc) is 2.49. The van der Waals surface area contributed by atoms with Gasteiger partial charge in [-0.25, -0.2) is 0 Å². The molecule has 1 aromatic rings. The molecule has 0 saturated heterocycles. The Labute approximate surface area is 124 Å². The molecule has 0 saturated carbocycles. The Balaban J connectivity index is 2.71. The molecule has 0 bridgehead atoms. The Kier molecular flexibility index (Phi) is 8.36. The first kappa shape index (κ1) is 17.0. The van der Waals surface area contributed by atoms with Gasteiger partial charge >= 0.3 is 0 Å². The number of rotatable bonds is 10. The number of benzene rings is 1. The molecule has 0 aliphatic rings. The predicted octanol–water partition coefficient (Wildman–Crippen LogP) is 4.57. The van der Waals surface area contributed by atoms with Gasteiger partial charge in [0.25, 0.3) is 0 Å². The van der Waals surface area contributed by atoms with Gasteiger partial charge in [0.15, 0.2) is 0 Å². The van der Waals surface area contributed by atoms with Gasteiger partial charge in [-0.3, -0.25) is 0 Å². The van der Waals surface area contributed by atoms with Crippen LogP contribution in [0.4, 0.5) is 0 Å². The summed E-state index contributed by atoms with van der Waals surface area (Å²) in [7, 11) is 0. The first-order valence-electron chi connectivity index (χ1n) is 8.24. The van der Waals surface area contributed by atoms with Crippen LogP contribution in [0.5, 0.6) is 5.75 Å². The van der Waals surface area contributed by atoms with E-state index < -0.39 is 0 Å². The van der Waals surface area contributed by atoms with Crippen molar-refractivity contribution < 1.29 is 4.74 Å². The Bertz CT molecular complexity index is 364. The van der Waals surface area contributed by atoms with Crippen molar-refractivity contribution in [1.29, 1.82) is 0 Å². The maximum atomic E-state index is 6.26. The second-order valence-electron chi connectivity index (χ2n) is 5.41. The molecule has 2 heteroatoms. The van der Waals surface area contributed by atoms with Crippen LogP contribution in [0.3, 0.4) is 0 Å². The second-order valence-corrected chi connectivity index (χ2v) is 5.41. The summed E-state index contributed by atoms with van der Waals surface area (Å²) in [6, 6.07) is 8.95. The molecule has 1 rings (SSSR count). The molecule has 1 N–H and O–H groups in total. The monoisotopic (exact) mass is 277 g/mol. The summed E-state index contributed by atoms with van der Waals surface area (Å²) >= 11 is 0. The van der Waals surface area contributed by atoms with Crippen molar-refractivity contribution in [2.24, 2.45) is 0 Å². The third kappa shape index (κ3) is 5.54. The lowest BCUT2D eigenvalue weighted by Gasteiger charge is -2.28. The first-order chi connectivity index (χ1) is 9.74. The summed E-state index contributed by atoms with van der Waals surface area (Å²) < 4.78 is 6.26. The number of ether oxygens (including phenoxy) is 1. The van der Waals surface area contributed by atoms with E-state index in [1.807, 2.05) is 0 Å². The van der Waals surface area contributed by atoms with Gasteiger partial charge in [0.05, 0.1) is 0 Å². The molecule has 0 heterocycles. The molecular formula is C18H31NO. The number of hydrogen-bond donors (Lipinski definition) is 1. The minimum Gasteiger partial charge on any atom is -0.489 e. The van der Waals surface area contributed by atoms with E-state index in [1.54, 1.807) is 0 Å². The molecule has 2 atom stereocenters. The molecule has 20 heavy (non-hydrogen) atoms. The fourth-order valence-corrected chi connectivity index (χ4v) is 2.52. The molecule has 2 nitrogen and oxygen atoms in total. The molecule has 0 aromatic heterocycles. The normalized spacial score (nSPS) is 14.0. The maximum absolute atomic E-state index is 6.26. The third-order valence-corrected chi connectivity index (χ3v) is 3.70. The van der Waals surface area contributed by atoms with Gasteiger partial charge in [0.2, 0.25) is 0 Å². The van der Waals surface area contributed by atoms with Gasteiger partial charge in [0.1, 0.15) is 11.9 Å². The van der Waals surface area contributed by atoms with Crippen LogP contribution in [0.1, 0.15) is 58.9 Å². The van der Waals surface area contributed by atoms with Crippen LogP contribution >= 0.6 is 0 Å². The molecule has 2 unspecified atom stereocenters. The fourth-order valence-electron chi connectivity index (χ4n) is 2.52. The zero-order valence-electron chi connectivity index (χ0n) is 13.6. The van der Waals surface area contributed by atoms with E-state index in [9.17, 15) is 0 Å². The summed E-state index contributed by atoms with van der Waals surface area (Å²) in [6.45, 7) is 9.91. The van der Waals surface area contributed by atoms with E-state index in [0.29, 0.717) is 6.04 Å². The van der Waals surface area contributed by atoms with E-state index >= 15 is 0 Å². The van der Waals surface area contributed by atoms with E-state index in [4.69, 9.17) is 4.74 Å². The molecule has 0 amide bonds. The minimum absolute atomic E-state index is 0.258. The van der Waals surface area contributed by atoms with Gasteiger partial charge in [-0.15, -0.1) is 0 Å². The van der Waals surface area contributed by atoms with Gasteiger partial charge in [-0.2, -0.15) is 0 Å². The SMILES string of the molecule is CCCNC(CCC)C(CC)Oc1cccc(CC)c1. The molecule has 114 valence electrons. The highest BCUT2D eigenvalue weighted by molar-refractivity contribution is 5.28. The van der Waals surface area contributed by atoms with Crippen LogP contribution < -0.4 is 10.1 Å². The average molecular weight is 277 g/mol. The highest BCUT2D eigenvalue weighted by Gasteiger charge is 2.20. The van der Waals surface area contributed by atoms with E-state index in [2.05, 4.69) is 57.3 Å². The van der Waals surface area contributed by atoms with Crippen LogP contribution in [0.25, 0.3) is 0 Å². The standard InChI is InChI=1S/C18H31NO/c1-5-10-17(19-13-6-2)18(8-4)20-16-12-9-11-15(7-3)14-16/h9,11-12,14,17-19H,5-8,10,13H2,1-4H3. The van der Waals surface area contributed by atoms with Crippen LogP contribution in [0.2, 0.25) is 0 Å². The molecule has 0 radical (unpaired) electrons. The fraction of sp³-hybridized carbons (Fsp3) is 0.667. The topological polar surface area (TPSA) is 21.3 Å². The molecule has 0 spiro atoms. The maximum Gasteiger partial charge on any atom is 0.120 e. The first-order valence-corrected chi connectivity index (χ1v) is 8.24. The van der Waals surface area contributed by atoms with Crippen molar-refractivity contribution in [1.82, 2.24) is 5.32 Å². The van der Waals surface area contributed by atoms with Crippen LogP contribution in [-0.2, 0) is 6.42 Å². The van der Waals surface area contributed by atoms with Gasteiger partial charge in [-0.1, -0.05) is 46.2 Å². The zero-order chi connectivity index (χ0) is 14.8. The van der Waals surface area contributed by atoms with Gasteiger partial charge in [-0.05, 0) is 49.9 Å². The van der Waals surface area contributed by atoms with Crippen molar-refractivity contribution in [3.8, 4) is 5.75 Å². The quantitative estimate of drug-likeness (QED) is 0.676. The van der Waals surface area contributed by atoms with Crippen LogP contribution in [0.15, 0.2) is 24.3 Å². The van der Waals surface area contributed by atoms with Gasteiger partial charge < -0.3 is 10.1 Å². The lowest BCUT2D eigenvalue weighted by molar-refractivity contribution is 0.142. The Morgan fingerprint density at radius 3 is 2.50 bits per heavy atom. The summed E-state index contributed by atoms with van der Waals surface area (Å²) in [6.07, 6.45) is 5.89. The summed E-state index contributed by atoms with van der Waals surface area (Å²) in [5.41, 5.74) is 1.34. The second kappa shape index (κ2) is 9.82. The Morgan fingerprint density at radius 2 is 1.90 bits per heavy atom. The molecule has 0 aliphatic heterocycles. The highest BCUT2D eigenvalue weighted by Crippen LogP contribution is 2.19. The zero-order valence-corrected chi connectivity index (χ0v) is 13.6. The predicted molar refractivity (Wildman–Crippen MR) is 87.5 cm³/mol. The van der Waals surface area contributed by atoms with E-state index in [1.165, 1.54) is 24.8 Å². The third-order valence-electron chi connectivity index (χ3n) is 3.70. The smallest absolute Gasteiger partial charge is 0.120 e. The van der Waals surface area contributed by atoms with Crippen molar-refractivity contribution in [3.05, 3.63) is 29.8 Å². The Morgan fingerprint density at radius 1 is 1.10 bits per heavy atom. The van der Waals surface area contributed by atoms with Crippen molar-refractivity contribution in [3.63, 3.8) is 0 Å². The lowest BCUT2D eigenvalue weighted by atomic mass is 10.0. The Hall–Kier alpha value is -1.02. The van der Waals surface area contributed by atoms with Crippen LogP contribution in [0, 0.1) is 0 Å². The van der Waals surface area contributed by atoms with Crippen molar-refractivity contribution in [2.75, 3.05) is 6.54 Å². The van der Waals surface area contributed by atoms with Crippen LogP contribution in [-0.4, -0.2) is 18.7 Å². The molecule has 0 fully saturated rings. The number of aryl methyl sites for hydroxylation is 1. The summed E-state index contributed by atoms with van der Waals surface area (Å²) in [5.74, 6) is 1.01. The van der Waals surface area contributed by atoms with E-state index in [-0.39, 0.29) is 6.10 Å². The van der Waals surface area contributed by atoms with Crippen molar-refractivity contribution in [2.45, 2.75) is 71.9 Å². The number of nitrogens with one attached hydrogen (secondary N) is 1. The number of hydrogen-bond acceptors (Lipinski definition) is 2. The van der Waals surface area contributed by atoms with Crippen molar-refractivity contribution >= 4 is 0 Å². The molecular weight excluding hydrogens is 246 g/mol. The van der Waals surface area contributed by atoms with E-state index in [0.717, 1.165) is 25.1 Å². The summed E-state index contributed by atoms with van der Waals surface area (Å²) in [4.78, 5) is 0. The highest BCUT2D eigenvalue weighted by atomic mass is 16.5. The minimum atomic E-state index is 0.258. The lowest BCUT2D eigenvalue weighted by Crippen LogP contribution is -2.43. The van der Waals surface area contributed by atoms with Gasteiger partial charge in [0, 0.05) is 6.04 Å². The molecule has 1 aromatic carbocycles. The largest absolute Gasteiger partial charge is 0.489 e. The summed E-state index contributed by atoms with van der Waals surface area (Å²) in [5, 5.41) is 3.65.